The second kappa shape index (κ2) is 5.06. The topological polar surface area (TPSA) is 52.6 Å². The number of hydrogen-bond donors (Lipinski definition) is 2. The highest BCUT2D eigenvalue weighted by molar-refractivity contribution is 5.80. The van der Waals surface area contributed by atoms with E-state index in [0.29, 0.717) is 12.5 Å². The Morgan fingerprint density at radius 3 is 2.00 bits per heavy atom. The van der Waals surface area contributed by atoms with Crippen molar-refractivity contribution in [3.05, 3.63) is 0 Å². The molecule has 0 amide bonds. The van der Waals surface area contributed by atoms with Gasteiger partial charge in [-0.2, -0.15) is 0 Å². The molecule has 4 nitrogen and oxygen atoms in total. The van der Waals surface area contributed by atoms with Crippen molar-refractivity contribution in [3.8, 4) is 0 Å². The van der Waals surface area contributed by atoms with Gasteiger partial charge < -0.3 is 15.3 Å². The van der Waals surface area contributed by atoms with E-state index in [1.54, 1.807) is 0 Å². The number of nitrogens with one attached hydrogen (secondary N) is 1. The molecule has 3 aliphatic rings. The minimum Gasteiger partial charge on any atom is -0.480 e. The van der Waals surface area contributed by atoms with Crippen LogP contribution in [0.2, 0.25) is 0 Å². The predicted octanol–water partition coefficient (Wildman–Crippen LogP) is 1.56. The number of carboxylic acids is 1. The summed E-state index contributed by atoms with van der Waals surface area (Å²) in [6.07, 6.45) is 7.48. The van der Waals surface area contributed by atoms with Gasteiger partial charge in [0.2, 0.25) is 0 Å². The molecule has 0 saturated heterocycles. The van der Waals surface area contributed by atoms with Crippen molar-refractivity contribution in [2.45, 2.75) is 44.1 Å². The Bertz CT molecular complexity index is 334. The summed E-state index contributed by atoms with van der Waals surface area (Å²) < 4.78 is 0. The number of likely N-dealkylation sites (N-methyl/N-ethyl adjacent to an activating group) is 1. The summed E-state index contributed by atoms with van der Waals surface area (Å²) >= 11 is 0. The van der Waals surface area contributed by atoms with E-state index in [0.717, 1.165) is 37.8 Å². The van der Waals surface area contributed by atoms with Gasteiger partial charge in [-0.05, 0) is 63.3 Å². The zero-order valence-corrected chi connectivity index (χ0v) is 11.9. The molecule has 3 rings (SSSR count). The molecule has 0 radical (unpaired) electrons. The SMILES string of the molecule is CNC(CN(CC1CC1)CC1CC1)(C(=O)O)C1CC1. The molecule has 1 unspecified atom stereocenters. The molecule has 0 bridgehead atoms. The number of carboxylic acid groups (broad SMARTS) is 1. The monoisotopic (exact) mass is 266 g/mol. The van der Waals surface area contributed by atoms with Crippen molar-refractivity contribution in [2.75, 3.05) is 26.7 Å². The Balaban J connectivity index is 1.66. The van der Waals surface area contributed by atoms with Crippen molar-refractivity contribution in [2.24, 2.45) is 17.8 Å². The molecule has 0 aliphatic heterocycles. The summed E-state index contributed by atoms with van der Waals surface area (Å²) in [5.74, 6) is 1.34. The van der Waals surface area contributed by atoms with Crippen LogP contribution >= 0.6 is 0 Å². The fourth-order valence-electron chi connectivity index (χ4n) is 3.23. The van der Waals surface area contributed by atoms with Crippen LogP contribution in [0.25, 0.3) is 0 Å². The third kappa shape index (κ3) is 3.11. The van der Waals surface area contributed by atoms with Gasteiger partial charge >= 0.3 is 5.97 Å². The van der Waals surface area contributed by atoms with Crippen molar-refractivity contribution in [1.82, 2.24) is 10.2 Å². The first-order valence-corrected chi connectivity index (χ1v) is 7.78. The smallest absolute Gasteiger partial charge is 0.325 e. The molecule has 3 saturated carbocycles. The van der Waals surface area contributed by atoms with E-state index >= 15 is 0 Å². The second-order valence-corrected chi connectivity index (χ2v) is 6.88. The van der Waals surface area contributed by atoms with E-state index in [-0.39, 0.29) is 0 Å². The number of rotatable bonds is 9. The molecular formula is C15H26N2O2. The molecule has 1 atom stereocenters. The van der Waals surface area contributed by atoms with Gasteiger partial charge in [0.05, 0.1) is 0 Å². The molecule has 19 heavy (non-hydrogen) atoms. The lowest BCUT2D eigenvalue weighted by Crippen LogP contribution is -2.60. The van der Waals surface area contributed by atoms with Crippen LogP contribution in [-0.2, 0) is 4.79 Å². The van der Waals surface area contributed by atoms with Gasteiger partial charge in [-0.25, -0.2) is 0 Å². The molecule has 0 heterocycles. The summed E-state index contributed by atoms with van der Waals surface area (Å²) in [5, 5.41) is 12.8. The molecule has 2 N–H and O–H groups in total. The average Bonchev–Trinajstić information content (AvgIpc) is 3.23. The normalized spacial score (nSPS) is 26.4. The fourth-order valence-corrected chi connectivity index (χ4v) is 3.23. The van der Waals surface area contributed by atoms with E-state index in [2.05, 4.69) is 10.2 Å². The minimum absolute atomic E-state index is 0.330. The van der Waals surface area contributed by atoms with Crippen LogP contribution in [0.5, 0.6) is 0 Å². The highest BCUT2D eigenvalue weighted by atomic mass is 16.4. The molecule has 3 fully saturated rings. The lowest BCUT2D eigenvalue weighted by molar-refractivity contribution is -0.146. The molecule has 3 aliphatic carbocycles. The lowest BCUT2D eigenvalue weighted by Gasteiger charge is -2.35. The van der Waals surface area contributed by atoms with Crippen LogP contribution < -0.4 is 5.32 Å². The number of aliphatic carboxylic acids is 1. The van der Waals surface area contributed by atoms with Gasteiger partial charge in [-0.3, -0.25) is 4.79 Å². The van der Waals surface area contributed by atoms with E-state index in [9.17, 15) is 9.90 Å². The summed E-state index contributed by atoms with van der Waals surface area (Å²) in [6, 6.07) is 0. The maximum atomic E-state index is 11.8. The molecule has 4 heteroatoms. The van der Waals surface area contributed by atoms with Crippen LogP contribution in [-0.4, -0.2) is 48.2 Å². The molecule has 0 aromatic carbocycles. The Morgan fingerprint density at radius 2 is 1.68 bits per heavy atom. The lowest BCUT2D eigenvalue weighted by atomic mass is 9.92. The highest BCUT2D eigenvalue weighted by Gasteiger charge is 2.51. The first kappa shape index (κ1) is 13.4. The van der Waals surface area contributed by atoms with E-state index in [1.165, 1.54) is 25.7 Å². The fraction of sp³-hybridized carbons (Fsp3) is 0.933. The van der Waals surface area contributed by atoms with E-state index < -0.39 is 11.5 Å². The van der Waals surface area contributed by atoms with Gasteiger partial charge in [-0.15, -0.1) is 0 Å². The standard InChI is InChI=1S/C15H26N2O2/c1-16-15(14(18)19,13-6-7-13)10-17(8-11-2-3-11)9-12-4-5-12/h11-13,16H,2-10H2,1H3,(H,18,19). The van der Waals surface area contributed by atoms with Crippen molar-refractivity contribution < 1.29 is 9.90 Å². The van der Waals surface area contributed by atoms with E-state index in [1.807, 2.05) is 7.05 Å². The van der Waals surface area contributed by atoms with Crippen molar-refractivity contribution in [3.63, 3.8) is 0 Å². The Hall–Kier alpha value is -0.610. The largest absolute Gasteiger partial charge is 0.480 e. The first-order valence-electron chi connectivity index (χ1n) is 7.78. The number of hydrogen-bond acceptors (Lipinski definition) is 3. The molecule has 0 aromatic heterocycles. The maximum Gasteiger partial charge on any atom is 0.325 e. The zero-order valence-electron chi connectivity index (χ0n) is 11.9. The van der Waals surface area contributed by atoms with Gasteiger partial charge in [0, 0.05) is 19.6 Å². The quantitative estimate of drug-likeness (QED) is 0.665. The van der Waals surface area contributed by atoms with Gasteiger partial charge in [0.15, 0.2) is 0 Å². The van der Waals surface area contributed by atoms with Crippen molar-refractivity contribution in [1.29, 1.82) is 0 Å². The summed E-state index contributed by atoms with van der Waals surface area (Å²) in [7, 11) is 1.82. The van der Waals surface area contributed by atoms with Crippen LogP contribution in [0.4, 0.5) is 0 Å². The van der Waals surface area contributed by atoms with Crippen LogP contribution in [0.3, 0.4) is 0 Å². The van der Waals surface area contributed by atoms with Gasteiger partial charge in [0.1, 0.15) is 5.54 Å². The third-order valence-corrected chi connectivity index (χ3v) is 5.00. The molecule has 0 aromatic rings. The Labute approximate surface area is 115 Å². The van der Waals surface area contributed by atoms with Crippen LogP contribution in [0.1, 0.15) is 38.5 Å². The first-order chi connectivity index (χ1) is 9.14. The highest BCUT2D eigenvalue weighted by Crippen LogP contribution is 2.41. The van der Waals surface area contributed by atoms with Crippen LogP contribution in [0.15, 0.2) is 0 Å². The summed E-state index contributed by atoms with van der Waals surface area (Å²) in [4.78, 5) is 14.2. The Kier molecular flexibility index (Phi) is 3.56. The Morgan fingerprint density at radius 1 is 1.16 bits per heavy atom. The number of carbonyl (C=O) groups is 1. The number of nitrogens with zero attached hydrogens (tertiary/aromatic N) is 1. The third-order valence-electron chi connectivity index (χ3n) is 5.00. The van der Waals surface area contributed by atoms with Gasteiger partial charge in [0.25, 0.3) is 0 Å². The average molecular weight is 266 g/mol. The van der Waals surface area contributed by atoms with Crippen LogP contribution in [0, 0.1) is 17.8 Å². The van der Waals surface area contributed by atoms with Crippen molar-refractivity contribution >= 4 is 5.97 Å². The van der Waals surface area contributed by atoms with Gasteiger partial charge in [-0.1, -0.05) is 0 Å². The molecule has 0 spiro atoms. The maximum absolute atomic E-state index is 11.8. The second-order valence-electron chi connectivity index (χ2n) is 6.88. The van der Waals surface area contributed by atoms with E-state index in [4.69, 9.17) is 0 Å². The predicted molar refractivity (Wildman–Crippen MR) is 74.0 cm³/mol. The molecular weight excluding hydrogens is 240 g/mol. The zero-order chi connectivity index (χ0) is 13.5. The summed E-state index contributed by atoms with van der Waals surface area (Å²) in [6.45, 7) is 2.91. The summed E-state index contributed by atoms with van der Waals surface area (Å²) in [5.41, 5.74) is -0.705. The molecule has 108 valence electrons. The minimum atomic E-state index is -0.705.